The lowest BCUT2D eigenvalue weighted by atomic mass is 10.3. The van der Waals surface area contributed by atoms with Gasteiger partial charge in [-0.15, -0.1) is 11.6 Å². The average Bonchev–Trinajstić information content (AvgIpc) is 2.09. The first-order chi connectivity index (χ1) is 6.56. The van der Waals surface area contributed by atoms with Crippen LogP contribution in [0.2, 0.25) is 0 Å². The van der Waals surface area contributed by atoms with Gasteiger partial charge in [0.25, 0.3) is 0 Å². The number of halogens is 1. The largest absolute Gasteiger partial charge is 0.295 e. The Balaban J connectivity index is 4.02. The van der Waals surface area contributed by atoms with Crippen molar-refractivity contribution >= 4 is 11.6 Å². The topological polar surface area (TPSA) is 3.24 Å². The third-order valence-electron chi connectivity index (χ3n) is 1.92. The summed E-state index contributed by atoms with van der Waals surface area (Å²) in [4.78, 5) is 2.34. The van der Waals surface area contributed by atoms with Crippen LogP contribution in [0.4, 0.5) is 0 Å². The Bertz CT molecular complexity index is 178. The summed E-state index contributed by atoms with van der Waals surface area (Å²) in [7, 11) is 0. The quantitative estimate of drug-likeness (QED) is 0.485. The van der Waals surface area contributed by atoms with Crippen LogP contribution >= 0.6 is 11.6 Å². The lowest BCUT2D eigenvalue weighted by Gasteiger charge is -2.17. The van der Waals surface area contributed by atoms with Crippen LogP contribution in [-0.2, 0) is 0 Å². The summed E-state index contributed by atoms with van der Waals surface area (Å²) in [6.07, 6.45) is 4.48. The molecule has 0 spiro atoms. The van der Waals surface area contributed by atoms with E-state index in [0.717, 1.165) is 19.6 Å². The highest BCUT2D eigenvalue weighted by atomic mass is 35.5. The van der Waals surface area contributed by atoms with Gasteiger partial charge in [-0.1, -0.05) is 23.3 Å². The number of nitrogens with zero attached hydrogens (tertiary/aromatic N) is 1. The molecule has 0 aliphatic heterocycles. The SMILES string of the molecule is CC(C)=CCN(CC=C(C)C)CCCl. The van der Waals surface area contributed by atoms with Gasteiger partial charge in [0.15, 0.2) is 0 Å². The molecule has 0 saturated heterocycles. The van der Waals surface area contributed by atoms with Gasteiger partial charge >= 0.3 is 0 Å². The van der Waals surface area contributed by atoms with E-state index in [1.807, 2.05) is 0 Å². The van der Waals surface area contributed by atoms with Gasteiger partial charge in [0.2, 0.25) is 0 Å². The number of rotatable bonds is 6. The molecule has 0 aliphatic rings. The van der Waals surface area contributed by atoms with E-state index in [2.05, 4.69) is 44.7 Å². The van der Waals surface area contributed by atoms with Crippen molar-refractivity contribution in [2.45, 2.75) is 27.7 Å². The van der Waals surface area contributed by atoms with Crippen LogP contribution in [0.25, 0.3) is 0 Å². The molecule has 0 atom stereocenters. The maximum Gasteiger partial charge on any atom is 0.0351 e. The fourth-order valence-corrected chi connectivity index (χ4v) is 1.24. The van der Waals surface area contributed by atoms with Crippen molar-refractivity contribution in [1.29, 1.82) is 0 Å². The van der Waals surface area contributed by atoms with Crippen LogP contribution in [0, 0.1) is 0 Å². The average molecular weight is 216 g/mol. The molecule has 0 aromatic heterocycles. The fraction of sp³-hybridized carbons (Fsp3) is 0.667. The number of alkyl halides is 1. The minimum Gasteiger partial charge on any atom is -0.295 e. The van der Waals surface area contributed by atoms with Crippen LogP contribution in [0.1, 0.15) is 27.7 Å². The van der Waals surface area contributed by atoms with Gasteiger partial charge in [-0.25, -0.2) is 0 Å². The summed E-state index contributed by atoms with van der Waals surface area (Å²) in [5, 5.41) is 0. The number of hydrogen-bond acceptors (Lipinski definition) is 1. The van der Waals surface area contributed by atoms with Crippen molar-refractivity contribution in [3.63, 3.8) is 0 Å². The second-order valence-electron chi connectivity index (χ2n) is 4.01. The minimum atomic E-state index is 0.702. The zero-order chi connectivity index (χ0) is 11.0. The van der Waals surface area contributed by atoms with Gasteiger partial charge in [0, 0.05) is 25.5 Å². The Morgan fingerprint density at radius 3 is 1.71 bits per heavy atom. The molecule has 0 N–H and O–H groups in total. The number of hydrogen-bond donors (Lipinski definition) is 0. The highest BCUT2D eigenvalue weighted by Crippen LogP contribution is 1.97. The Kier molecular flexibility index (Phi) is 7.92. The monoisotopic (exact) mass is 215 g/mol. The molecular weight excluding hydrogens is 194 g/mol. The van der Waals surface area contributed by atoms with Gasteiger partial charge in [-0.2, -0.15) is 0 Å². The predicted molar refractivity (Wildman–Crippen MR) is 66.0 cm³/mol. The normalized spacial score (nSPS) is 10.1. The molecule has 0 saturated carbocycles. The standard InChI is InChI=1S/C12H22ClN/c1-11(2)5-8-14(10-7-13)9-6-12(3)4/h5-6H,7-10H2,1-4H3. The molecule has 0 amide bonds. The summed E-state index contributed by atoms with van der Waals surface area (Å²) in [5.74, 6) is 0.702. The summed E-state index contributed by atoms with van der Waals surface area (Å²) < 4.78 is 0. The first-order valence-electron chi connectivity index (χ1n) is 5.11. The Morgan fingerprint density at radius 1 is 1.00 bits per heavy atom. The van der Waals surface area contributed by atoms with E-state index < -0.39 is 0 Å². The number of allylic oxidation sites excluding steroid dienone is 2. The molecule has 82 valence electrons. The van der Waals surface area contributed by atoms with Gasteiger partial charge < -0.3 is 0 Å². The first kappa shape index (κ1) is 13.7. The fourth-order valence-electron chi connectivity index (χ4n) is 1.000. The highest BCUT2D eigenvalue weighted by Gasteiger charge is 1.99. The maximum absolute atomic E-state index is 5.74. The van der Waals surface area contributed by atoms with Gasteiger partial charge in [0.1, 0.15) is 0 Å². The molecule has 1 nitrogen and oxygen atoms in total. The Hall–Kier alpha value is -0.270. The molecule has 0 rings (SSSR count). The van der Waals surface area contributed by atoms with E-state index in [4.69, 9.17) is 11.6 Å². The lowest BCUT2D eigenvalue weighted by molar-refractivity contribution is 0.355. The zero-order valence-electron chi connectivity index (χ0n) is 9.81. The minimum absolute atomic E-state index is 0.702. The molecule has 0 fully saturated rings. The first-order valence-corrected chi connectivity index (χ1v) is 5.64. The van der Waals surface area contributed by atoms with Crippen LogP contribution in [0.3, 0.4) is 0 Å². The maximum atomic E-state index is 5.74. The highest BCUT2D eigenvalue weighted by molar-refractivity contribution is 6.18. The molecule has 0 heterocycles. The Labute approximate surface area is 93.4 Å². The predicted octanol–water partition coefficient (Wildman–Crippen LogP) is 3.46. The molecule has 0 aliphatic carbocycles. The second kappa shape index (κ2) is 8.07. The van der Waals surface area contributed by atoms with Crippen molar-refractivity contribution in [3.8, 4) is 0 Å². The smallest absolute Gasteiger partial charge is 0.0351 e. The van der Waals surface area contributed by atoms with Gasteiger partial charge in [-0.3, -0.25) is 4.90 Å². The van der Waals surface area contributed by atoms with Crippen molar-refractivity contribution in [2.75, 3.05) is 25.5 Å². The molecule has 14 heavy (non-hydrogen) atoms. The van der Waals surface area contributed by atoms with Crippen LogP contribution < -0.4 is 0 Å². The van der Waals surface area contributed by atoms with E-state index in [9.17, 15) is 0 Å². The van der Waals surface area contributed by atoms with E-state index in [0.29, 0.717) is 5.88 Å². The summed E-state index contributed by atoms with van der Waals surface area (Å²) in [5.41, 5.74) is 2.73. The van der Waals surface area contributed by atoms with Crippen LogP contribution in [0.15, 0.2) is 23.3 Å². The van der Waals surface area contributed by atoms with Crippen molar-refractivity contribution in [3.05, 3.63) is 23.3 Å². The molecule has 0 radical (unpaired) electrons. The molecule has 0 bridgehead atoms. The third kappa shape index (κ3) is 8.33. The van der Waals surface area contributed by atoms with E-state index >= 15 is 0 Å². The second-order valence-corrected chi connectivity index (χ2v) is 4.39. The zero-order valence-corrected chi connectivity index (χ0v) is 10.6. The molecule has 0 aromatic carbocycles. The van der Waals surface area contributed by atoms with Crippen molar-refractivity contribution in [1.82, 2.24) is 4.90 Å². The summed E-state index contributed by atoms with van der Waals surface area (Å²) in [6, 6.07) is 0. The molecule has 2 heteroatoms. The van der Waals surface area contributed by atoms with Crippen molar-refractivity contribution in [2.24, 2.45) is 0 Å². The third-order valence-corrected chi connectivity index (χ3v) is 2.09. The molecule has 0 unspecified atom stereocenters. The molecular formula is C12H22ClN. The molecule has 0 aromatic rings. The van der Waals surface area contributed by atoms with Crippen molar-refractivity contribution < 1.29 is 0 Å². The van der Waals surface area contributed by atoms with Crippen LogP contribution in [0.5, 0.6) is 0 Å². The van der Waals surface area contributed by atoms with E-state index in [1.54, 1.807) is 0 Å². The van der Waals surface area contributed by atoms with Gasteiger partial charge in [0.05, 0.1) is 0 Å². The summed E-state index contributed by atoms with van der Waals surface area (Å²) in [6.45, 7) is 11.5. The van der Waals surface area contributed by atoms with E-state index in [1.165, 1.54) is 11.1 Å². The summed E-state index contributed by atoms with van der Waals surface area (Å²) >= 11 is 5.74. The van der Waals surface area contributed by atoms with Crippen LogP contribution in [-0.4, -0.2) is 30.4 Å². The Morgan fingerprint density at radius 2 is 1.43 bits per heavy atom. The lowest BCUT2D eigenvalue weighted by Crippen LogP contribution is -2.26. The van der Waals surface area contributed by atoms with Gasteiger partial charge in [-0.05, 0) is 27.7 Å². The van der Waals surface area contributed by atoms with E-state index in [-0.39, 0.29) is 0 Å².